The first-order valence-electron chi connectivity index (χ1n) is 4.75. The van der Waals surface area contributed by atoms with Gasteiger partial charge in [0.15, 0.2) is 0 Å². The molecule has 0 atom stereocenters. The molecular weight excluding hydrogens is 191 g/mol. The Labute approximate surface area is 89.2 Å². The van der Waals surface area contributed by atoms with E-state index in [0.717, 1.165) is 10.4 Å². The first-order valence-corrected chi connectivity index (χ1v) is 5.16. The maximum atomic E-state index is 7.69. The van der Waals surface area contributed by atoms with Crippen molar-refractivity contribution in [1.29, 1.82) is 10.8 Å². The van der Waals surface area contributed by atoms with Gasteiger partial charge in [-0.1, -0.05) is 18.3 Å². The van der Waals surface area contributed by atoms with Crippen LogP contribution in [0.15, 0.2) is 23.7 Å². The third kappa shape index (κ3) is 1.75. The second-order valence-corrected chi connectivity index (χ2v) is 4.18. The molecule has 0 amide bonds. The number of nitrogens with one attached hydrogen (secondary N) is 2. The number of hydrogen-bond donors (Lipinski definition) is 2. The molecule has 0 spiro atoms. The maximum Gasteiger partial charge on any atom is 0.269 e. The Morgan fingerprint density at radius 3 is 2.79 bits per heavy atom. The zero-order valence-electron chi connectivity index (χ0n) is 7.79. The van der Waals surface area contributed by atoms with Gasteiger partial charge in [0, 0.05) is 10.5 Å². The zero-order chi connectivity index (χ0) is 10.1. The van der Waals surface area contributed by atoms with Crippen molar-refractivity contribution in [3.05, 3.63) is 23.7 Å². The summed E-state index contributed by atoms with van der Waals surface area (Å²) < 4.78 is 0. The summed E-state index contributed by atoms with van der Waals surface area (Å²) in [6.07, 6.45) is 7.44. The molecule has 1 aliphatic heterocycles. The lowest BCUT2D eigenvalue weighted by Gasteiger charge is -2.11. The van der Waals surface area contributed by atoms with Crippen LogP contribution in [0.2, 0.25) is 0 Å². The van der Waals surface area contributed by atoms with Crippen LogP contribution in [0.3, 0.4) is 0 Å². The van der Waals surface area contributed by atoms with Gasteiger partial charge < -0.3 is 10.8 Å². The molecule has 2 aliphatic rings. The number of allylic oxidation sites excluding steroid dienone is 3. The number of rotatable bonds is 3. The van der Waals surface area contributed by atoms with E-state index in [0.29, 0.717) is 11.5 Å². The molecule has 14 heavy (non-hydrogen) atoms. The van der Waals surface area contributed by atoms with E-state index < -0.39 is 0 Å². The van der Waals surface area contributed by atoms with Crippen LogP contribution in [-0.2, 0) is 0 Å². The topological polar surface area (TPSA) is 47.7 Å². The Balaban J connectivity index is 2.15. The van der Waals surface area contributed by atoms with Crippen molar-refractivity contribution in [3.8, 4) is 0 Å². The van der Waals surface area contributed by atoms with Crippen molar-refractivity contribution >= 4 is 35.5 Å². The van der Waals surface area contributed by atoms with E-state index in [4.69, 9.17) is 23.0 Å². The highest BCUT2D eigenvalue weighted by atomic mass is 32.1. The van der Waals surface area contributed by atoms with Crippen molar-refractivity contribution < 1.29 is 0 Å². The molecule has 0 saturated heterocycles. The van der Waals surface area contributed by atoms with Gasteiger partial charge >= 0.3 is 0 Å². The van der Waals surface area contributed by atoms with Gasteiger partial charge in [-0.2, -0.15) is 0 Å². The molecule has 0 aromatic carbocycles. The second kappa shape index (κ2) is 3.61. The third-order valence-corrected chi connectivity index (χ3v) is 3.13. The zero-order valence-corrected chi connectivity index (χ0v) is 8.60. The highest BCUT2D eigenvalue weighted by Gasteiger charge is 2.29. The van der Waals surface area contributed by atoms with Gasteiger partial charge in [-0.25, -0.2) is 0 Å². The summed E-state index contributed by atoms with van der Waals surface area (Å²) in [5.74, 6) is 2.45. The minimum absolute atomic E-state index is 0.152. The van der Waals surface area contributed by atoms with Gasteiger partial charge in [-0.3, -0.25) is 0 Å². The van der Waals surface area contributed by atoms with Gasteiger partial charge in [0.25, 0.3) is 6.71 Å². The summed E-state index contributed by atoms with van der Waals surface area (Å²) >= 11 is 5.31. The van der Waals surface area contributed by atoms with E-state index in [1.807, 2.05) is 12.1 Å². The van der Waals surface area contributed by atoms with Crippen molar-refractivity contribution in [2.45, 2.75) is 12.8 Å². The molecule has 0 aromatic rings. The summed E-state index contributed by atoms with van der Waals surface area (Å²) in [7, 11) is 0. The average Bonchev–Trinajstić information content (AvgIpc) is 3.00. The Morgan fingerprint density at radius 1 is 1.57 bits per heavy atom. The average molecular weight is 202 g/mol. The molecule has 0 radical (unpaired) electrons. The normalized spacial score (nSPS) is 20.7. The van der Waals surface area contributed by atoms with Gasteiger partial charge in [0.2, 0.25) is 0 Å². The van der Waals surface area contributed by atoms with E-state index in [2.05, 4.69) is 0 Å². The smallest absolute Gasteiger partial charge is 0.269 e. The van der Waals surface area contributed by atoms with E-state index in [-0.39, 0.29) is 6.71 Å². The van der Waals surface area contributed by atoms with Gasteiger partial charge in [-0.05, 0) is 36.5 Å². The fourth-order valence-electron chi connectivity index (χ4n) is 1.50. The summed E-state index contributed by atoms with van der Waals surface area (Å²) in [6, 6.07) is 0. The molecule has 4 heteroatoms. The van der Waals surface area contributed by atoms with Gasteiger partial charge in [0.05, 0.1) is 0 Å². The lowest BCUT2D eigenvalue weighted by molar-refractivity contribution is 1.23. The van der Waals surface area contributed by atoms with Crippen molar-refractivity contribution in [2.75, 3.05) is 0 Å². The molecule has 1 fully saturated rings. The predicted molar refractivity (Wildman–Crippen MR) is 64.8 cm³/mol. The number of hydrogen-bond acceptors (Lipinski definition) is 3. The molecule has 0 aromatic heterocycles. The molecule has 0 unspecified atom stereocenters. The van der Waals surface area contributed by atoms with E-state index in [1.165, 1.54) is 19.0 Å². The van der Waals surface area contributed by atoms with Crippen LogP contribution in [0.5, 0.6) is 0 Å². The molecule has 70 valence electrons. The largest absolute Gasteiger partial charge is 0.322 e. The Morgan fingerprint density at radius 2 is 2.29 bits per heavy atom. The molecule has 2 rings (SSSR count). The molecule has 2 nitrogen and oxygen atoms in total. The monoisotopic (exact) mass is 202 g/mol. The minimum Gasteiger partial charge on any atom is -0.322 e. The standard InChI is InChI=1S/C10H11BN2S/c12-6-11-4-3-8(5-9(11)13)10(14)7-1-2-7/h3-7,12-13H,1-2H2. The molecule has 0 bridgehead atoms. The highest BCUT2D eigenvalue weighted by Crippen LogP contribution is 2.34. The van der Waals surface area contributed by atoms with E-state index >= 15 is 0 Å². The van der Waals surface area contributed by atoms with Crippen LogP contribution in [0, 0.1) is 16.7 Å². The first-order chi connectivity index (χ1) is 6.72. The maximum absolute atomic E-state index is 7.69. The van der Waals surface area contributed by atoms with Crippen LogP contribution in [0.1, 0.15) is 12.8 Å². The van der Waals surface area contributed by atoms with Crippen LogP contribution in [0.4, 0.5) is 0 Å². The summed E-state index contributed by atoms with van der Waals surface area (Å²) in [6.45, 7) is -0.152. The van der Waals surface area contributed by atoms with E-state index in [1.54, 1.807) is 6.08 Å². The molecule has 1 heterocycles. The fourth-order valence-corrected chi connectivity index (χ4v) is 1.87. The van der Waals surface area contributed by atoms with Gasteiger partial charge in [-0.15, -0.1) is 5.98 Å². The molecule has 2 N–H and O–H groups in total. The van der Waals surface area contributed by atoms with E-state index in [9.17, 15) is 0 Å². The van der Waals surface area contributed by atoms with Crippen LogP contribution < -0.4 is 0 Å². The van der Waals surface area contributed by atoms with Crippen LogP contribution in [0.25, 0.3) is 0 Å². The Hall–Kier alpha value is -1.03. The lowest BCUT2D eigenvalue weighted by atomic mass is 9.45. The summed E-state index contributed by atoms with van der Waals surface area (Å²) in [5, 5.41) is 14.8. The quantitative estimate of drug-likeness (QED) is 0.410. The molecule has 1 saturated carbocycles. The van der Waals surface area contributed by atoms with Gasteiger partial charge in [0.1, 0.15) is 0 Å². The summed E-state index contributed by atoms with van der Waals surface area (Å²) in [5.41, 5.74) is 1.48. The van der Waals surface area contributed by atoms with Crippen molar-refractivity contribution in [2.24, 2.45) is 5.92 Å². The van der Waals surface area contributed by atoms with Crippen LogP contribution in [-0.4, -0.2) is 23.3 Å². The Kier molecular flexibility index (Phi) is 2.46. The molecule has 1 aliphatic carbocycles. The number of thiocarbonyl (C=S) groups is 1. The first kappa shape index (κ1) is 9.53. The van der Waals surface area contributed by atoms with Crippen LogP contribution >= 0.6 is 12.2 Å². The van der Waals surface area contributed by atoms with Crippen molar-refractivity contribution in [1.82, 2.24) is 0 Å². The molecular formula is C10H11BN2S. The fraction of sp³-hybridized carbons (Fsp3) is 0.300. The van der Waals surface area contributed by atoms with Crippen molar-refractivity contribution in [3.63, 3.8) is 0 Å². The minimum atomic E-state index is -0.152. The Bertz CT molecular complexity index is 366. The highest BCUT2D eigenvalue weighted by molar-refractivity contribution is 7.81. The third-order valence-electron chi connectivity index (χ3n) is 2.57. The lowest BCUT2D eigenvalue weighted by Crippen LogP contribution is -2.26. The predicted octanol–water partition coefficient (Wildman–Crippen LogP) is 2.04. The SMILES string of the molecule is N=CB1C=CC(C(=S)C2CC2)=CC1=N. The second-order valence-electron chi connectivity index (χ2n) is 3.75. The summed E-state index contributed by atoms with van der Waals surface area (Å²) in [4.78, 5) is 0.995.